The summed E-state index contributed by atoms with van der Waals surface area (Å²) in [5.74, 6) is -0.0735. The zero-order valence-electron chi connectivity index (χ0n) is 21.9. The number of urea groups is 1. The molecule has 0 radical (unpaired) electrons. The molecule has 4 rings (SSSR count). The van der Waals surface area contributed by atoms with E-state index in [2.05, 4.69) is 0 Å². The van der Waals surface area contributed by atoms with E-state index in [1.807, 2.05) is 95.3 Å². The molecule has 1 fully saturated rings. The van der Waals surface area contributed by atoms with Crippen LogP contribution < -0.4 is 14.7 Å². The number of carbonyl (C=O) groups excluding carboxylic acids is 2. The molecule has 1 unspecified atom stereocenters. The summed E-state index contributed by atoms with van der Waals surface area (Å²) in [5.41, 5.74) is 2.74. The van der Waals surface area contributed by atoms with Crippen molar-refractivity contribution in [2.45, 2.75) is 52.4 Å². The van der Waals surface area contributed by atoms with Gasteiger partial charge >= 0.3 is 6.03 Å². The highest BCUT2D eigenvalue weighted by atomic mass is 32.2. The van der Waals surface area contributed by atoms with Gasteiger partial charge in [0.05, 0.1) is 10.7 Å². The van der Waals surface area contributed by atoms with Crippen LogP contribution in [-0.2, 0) is 26.3 Å². The number of phenolic OH excluding ortho intramolecular Hbond substituents is 1. The summed E-state index contributed by atoms with van der Waals surface area (Å²) >= 11 is 0. The Balaban J connectivity index is 1.66. The van der Waals surface area contributed by atoms with Crippen LogP contribution in [0.4, 0.5) is 21.9 Å². The molecule has 2 aromatic carbocycles. The number of hydrogen-bond donors (Lipinski definition) is 2. The summed E-state index contributed by atoms with van der Waals surface area (Å²) in [6.45, 7) is 12.0. The molecular weight excluding hydrogens is 472 g/mol. The maximum absolute atomic E-state index is 13.5. The summed E-state index contributed by atoms with van der Waals surface area (Å²) < 4.78 is 8.14. The van der Waals surface area contributed by atoms with E-state index in [0.29, 0.717) is 11.4 Å². The van der Waals surface area contributed by atoms with Crippen molar-refractivity contribution in [1.82, 2.24) is 0 Å². The van der Waals surface area contributed by atoms with Gasteiger partial charge in [-0.15, -0.1) is 0 Å². The quantitative estimate of drug-likeness (QED) is 0.487. The van der Waals surface area contributed by atoms with Crippen molar-refractivity contribution in [3.8, 4) is 5.75 Å². The Bertz CT molecular complexity index is 1280. The van der Waals surface area contributed by atoms with E-state index in [0.717, 1.165) is 21.8 Å². The van der Waals surface area contributed by atoms with Crippen LogP contribution in [0.2, 0.25) is 0 Å². The first-order chi connectivity index (χ1) is 16.7. The van der Waals surface area contributed by atoms with E-state index in [1.165, 1.54) is 9.80 Å². The first kappa shape index (κ1) is 25.7. The molecular formula is C28H34N4O3S. The number of amides is 3. The zero-order chi connectivity index (χ0) is 26.6. The van der Waals surface area contributed by atoms with Gasteiger partial charge in [-0.05, 0) is 69.4 Å². The Morgan fingerprint density at radius 1 is 0.944 bits per heavy atom. The fraction of sp³-hybridized carbons (Fsp3) is 0.357. The third kappa shape index (κ3) is 4.57. The molecule has 7 nitrogen and oxygen atoms in total. The van der Waals surface area contributed by atoms with Gasteiger partial charge in [-0.3, -0.25) is 14.5 Å². The monoisotopic (exact) mass is 506 g/mol. The van der Waals surface area contributed by atoms with Crippen molar-refractivity contribution in [2.75, 3.05) is 28.3 Å². The number of hydrogen-bond acceptors (Lipinski definition) is 5. The highest BCUT2D eigenvalue weighted by Crippen LogP contribution is 2.42. The lowest BCUT2D eigenvalue weighted by atomic mass is 9.79. The zero-order valence-corrected chi connectivity index (χ0v) is 22.7. The van der Waals surface area contributed by atoms with Crippen LogP contribution in [0, 0.1) is 4.78 Å². The molecule has 190 valence electrons. The molecule has 8 heteroatoms. The number of imide groups is 1. The van der Waals surface area contributed by atoms with E-state index < -0.39 is 16.7 Å². The molecule has 2 N–H and O–H groups in total. The fourth-order valence-electron chi connectivity index (χ4n) is 4.43. The number of rotatable bonds is 4. The summed E-state index contributed by atoms with van der Waals surface area (Å²) in [6, 6.07) is 10.4. The van der Waals surface area contributed by atoms with Gasteiger partial charge in [0.25, 0.3) is 5.91 Å². The highest BCUT2D eigenvalue weighted by Gasteiger charge is 2.39. The first-order valence-electron chi connectivity index (χ1n) is 11.9. The van der Waals surface area contributed by atoms with Gasteiger partial charge < -0.3 is 10.0 Å². The number of benzene rings is 2. The minimum atomic E-state index is -0.691. The minimum Gasteiger partial charge on any atom is -0.507 e. The lowest BCUT2D eigenvalue weighted by Gasteiger charge is -2.29. The molecule has 2 aliphatic rings. The number of allylic oxidation sites excluding steroid dienone is 2. The van der Waals surface area contributed by atoms with Crippen LogP contribution >= 0.6 is 0 Å². The summed E-state index contributed by atoms with van der Waals surface area (Å²) in [6.07, 6.45) is 3.80. The van der Waals surface area contributed by atoms with Crippen LogP contribution in [0.5, 0.6) is 5.75 Å². The molecule has 0 saturated carbocycles. The van der Waals surface area contributed by atoms with E-state index in [-0.39, 0.29) is 29.0 Å². The van der Waals surface area contributed by atoms with E-state index in [9.17, 15) is 14.7 Å². The van der Waals surface area contributed by atoms with Crippen LogP contribution in [0.1, 0.15) is 52.7 Å². The number of phenols is 1. The summed E-state index contributed by atoms with van der Waals surface area (Å²) in [5, 5.41) is 13.8. The van der Waals surface area contributed by atoms with Gasteiger partial charge in [0, 0.05) is 29.5 Å². The van der Waals surface area contributed by atoms with Crippen molar-refractivity contribution in [3.05, 3.63) is 70.1 Å². The van der Waals surface area contributed by atoms with E-state index in [4.69, 9.17) is 4.78 Å². The van der Waals surface area contributed by atoms with Gasteiger partial charge in [0.1, 0.15) is 12.3 Å². The molecule has 2 heterocycles. The topological polar surface area (TPSA) is 87.9 Å². The third-order valence-corrected chi connectivity index (χ3v) is 7.78. The molecule has 2 aliphatic heterocycles. The van der Waals surface area contributed by atoms with Crippen LogP contribution in [0.15, 0.2) is 59.0 Å². The van der Waals surface area contributed by atoms with E-state index >= 15 is 0 Å². The Morgan fingerprint density at radius 2 is 1.50 bits per heavy atom. The second-order valence-corrected chi connectivity index (χ2v) is 12.6. The maximum Gasteiger partial charge on any atom is 0.336 e. The number of carbonyl (C=O) groups is 2. The highest BCUT2D eigenvalue weighted by molar-refractivity contribution is 7.93. The Hall–Kier alpha value is -3.39. The SMILES string of the molecule is CN(C1=CC=CS1=N)c1ccc(N2C(=O)CN(c3cc(C(C)(C)C)c(O)c(C(C)(C)C)c3)C2=O)cc1. The Kier molecular flexibility index (Phi) is 6.37. The summed E-state index contributed by atoms with van der Waals surface area (Å²) in [4.78, 5) is 31.2. The molecule has 1 saturated heterocycles. The third-order valence-electron chi connectivity index (χ3n) is 6.49. The molecule has 0 bridgehead atoms. The second-order valence-electron chi connectivity index (χ2n) is 11.2. The van der Waals surface area contributed by atoms with Crippen LogP contribution in [-0.4, -0.2) is 30.6 Å². The molecule has 3 amide bonds. The van der Waals surface area contributed by atoms with Crippen molar-refractivity contribution in [1.29, 1.82) is 4.78 Å². The molecule has 1 atom stereocenters. The van der Waals surface area contributed by atoms with Gasteiger partial charge in [-0.2, -0.15) is 0 Å². The van der Waals surface area contributed by atoms with Crippen molar-refractivity contribution in [2.24, 2.45) is 0 Å². The average molecular weight is 507 g/mol. The van der Waals surface area contributed by atoms with Crippen LogP contribution in [0.3, 0.4) is 0 Å². The van der Waals surface area contributed by atoms with Gasteiger partial charge in [0.2, 0.25) is 0 Å². The Labute approximate surface area is 215 Å². The van der Waals surface area contributed by atoms with Gasteiger partial charge in [-0.25, -0.2) is 9.69 Å². The molecule has 0 aliphatic carbocycles. The Morgan fingerprint density at radius 3 is 1.97 bits per heavy atom. The van der Waals surface area contributed by atoms with Crippen molar-refractivity contribution < 1.29 is 14.7 Å². The molecule has 0 spiro atoms. The minimum absolute atomic E-state index is 0.0708. The lowest BCUT2D eigenvalue weighted by molar-refractivity contribution is -0.115. The largest absolute Gasteiger partial charge is 0.507 e. The van der Waals surface area contributed by atoms with Crippen LogP contribution in [0.25, 0.3) is 0 Å². The second kappa shape index (κ2) is 8.92. The predicted octanol–water partition coefficient (Wildman–Crippen LogP) is 6.15. The average Bonchev–Trinajstić information content (AvgIpc) is 3.34. The standard InChI is InChI=1S/C28H34N4O3S/c1-27(2,3)21-15-20(16-22(25(21)34)28(4,5)6)31-17-23(33)32(26(31)35)19-12-10-18(11-13-19)30(7)24-9-8-14-36(24)29/h8-16,29,34H,17H2,1-7H3. The molecule has 0 aromatic heterocycles. The number of aromatic hydroxyl groups is 1. The molecule has 36 heavy (non-hydrogen) atoms. The maximum atomic E-state index is 13.5. The predicted molar refractivity (Wildman–Crippen MR) is 148 cm³/mol. The smallest absolute Gasteiger partial charge is 0.336 e. The van der Waals surface area contributed by atoms with Gasteiger partial charge in [0.15, 0.2) is 0 Å². The normalized spacial score (nSPS) is 18.3. The van der Waals surface area contributed by atoms with Gasteiger partial charge in [-0.1, -0.05) is 47.6 Å². The lowest BCUT2D eigenvalue weighted by Crippen LogP contribution is -2.33. The summed E-state index contributed by atoms with van der Waals surface area (Å²) in [7, 11) is 1.21. The van der Waals surface area contributed by atoms with Crippen molar-refractivity contribution in [3.63, 3.8) is 0 Å². The van der Waals surface area contributed by atoms with Crippen molar-refractivity contribution >= 4 is 39.7 Å². The number of anilines is 3. The number of nitrogens with zero attached hydrogens (tertiary/aromatic N) is 3. The van der Waals surface area contributed by atoms with E-state index in [1.54, 1.807) is 12.1 Å². The fourth-order valence-corrected chi connectivity index (χ4v) is 5.43. The molecule has 2 aromatic rings. The first-order valence-corrected chi connectivity index (χ1v) is 13.2. The number of nitrogens with one attached hydrogen (secondary N) is 1.